The number of hydrogen-bond acceptors (Lipinski definition) is 2. The lowest BCUT2D eigenvalue weighted by Gasteiger charge is -2.04. The highest BCUT2D eigenvalue weighted by Gasteiger charge is 2.04. The zero-order valence-electron chi connectivity index (χ0n) is 8.75. The third-order valence-electron chi connectivity index (χ3n) is 2.17. The molecule has 0 unspecified atom stereocenters. The van der Waals surface area contributed by atoms with Crippen molar-refractivity contribution >= 4 is 20.7 Å². The van der Waals surface area contributed by atoms with Gasteiger partial charge in [-0.2, -0.15) is 0 Å². The van der Waals surface area contributed by atoms with Gasteiger partial charge in [0.2, 0.25) is 0 Å². The number of aryl methyl sites for hydroxylation is 1. The lowest BCUT2D eigenvalue weighted by molar-refractivity contribution is -0.140. The van der Waals surface area contributed by atoms with E-state index in [0.29, 0.717) is 12.7 Å². The lowest BCUT2D eigenvalue weighted by Crippen LogP contribution is -2.20. The quantitative estimate of drug-likeness (QED) is 0.540. The molecular formula is C11H16O2Si. The van der Waals surface area contributed by atoms with Crippen LogP contribution in [0.25, 0.3) is 0 Å². The van der Waals surface area contributed by atoms with Crippen molar-refractivity contribution in [1.82, 2.24) is 0 Å². The van der Waals surface area contributed by atoms with Crippen LogP contribution in [-0.4, -0.2) is 22.1 Å². The molecule has 0 amide bonds. The van der Waals surface area contributed by atoms with Crippen LogP contribution in [0, 0.1) is 6.92 Å². The van der Waals surface area contributed by atoms with Gasteiger partial charge >= 0.3 is 5.97 Å². The normalized spacial score (nSPS) is 10.7. The Labute approximate surface area is 87.1 Å². The van der Waals surface area contributed by atoms with Crippen molar-refractivity contribution in [3.63, 3.8) is 0 Å². The molecule has 0 N–H and O–H groups in total. The van der Waals surface area contributed by atoms with E-state index in [1.54, 1.807) is 0 Å². The first-order chi connectivity index (χ1) is 6.74. The molecule has 0 atom stereocenters. The first kappa shape index (κ1) is 11.0. The fourth-order valence-electron chi connectivity index (χ4n) is 1.36. The minimum absolute atomic E-state index is 0.0533. The Balaban J connectivity index is 2.46. The third-order valence-corrected chi connectivity index (χ3v) is 4.16. The Kier molecular flexibility index (Phi) is 4.39. The molecule has 76 valence electrons. The zero-order chi connectivity index (χ0) is 10.4. The van der Waals surface area contributed by atoms with Crippen LogP contribution >= 0.6 is 0 Å². The molecule has 0 fully saturated rings. The standard InChI is InChI=1S/C11H16O2Si/c1-3-13-11(12)8-14-10-7-5-4-6-9(10)2/h4-7H,3,8,14H2,1-2H3. The second-order valence-corrected chi connectivity index (χ2v) is 4.99. The topological polar surface area (TPSA) is 26.3 Å². The van der Waals surface area contributed by atoms with E-state index < -0.39 is 9.52 Å². The second kappa shape index (κ2) is 5.60. The smallest absolute Gasteiger partial charge is 0.302 e. The van der Waals surface area contributed by atoms with Crippen molar-refractivity contribution in [1.29, 1.82) is 0 Å². The minimum atomic E-state index is -0.483. The maximum atomic E-state index is 11.1. The largest absolute Gasteiger partial charge is 0.466 e. The van der Waals surface area contributed by atoms with Gasteiger partial charge in [-0.25, -0.2) is 0 Å². The fourth-order valence-corrected chi connectivity index (χ4v) is 2.79. The van der Waals surface area contributed by atoms with Crippen LogP contribution in [0.3, 0.4) is 0 Å². The molecule has 1 aromatic rings. The lowest BCUT2D eigenvalue weighted by atomic mass is 10.2. The number of carbonyl (C=O) groups excluding carboxylic acids is 1. The van der Waals surface area contributed by atoms with Crippen molar-refractivity contribution in [2.45, 2.75) is 19.9 Å². The molecule has 14 heavy (non-hydrogen) atoms. The van der Waals surface area contributed by atoms with E-state index in [4.69, 9.17) is 4.74 Å². The molecule has 0 saturated heterocycles. The molecule has 1 rings (SSSR count). The maximum absolute atomic E-state index is 11.1. The van der Waals surface area contributed by atoms with Crippen molar-refractivity contribution in [3.05, 3.63) is 29.8 Å². The van der Waals surface area contributed by atoms with Gasteiger partial charge in [0.05, 0.1) is 16.1 Å². The van der Waals surface area contributed by atoms with Crippen LogP contribution in [-0.2, 0) is 9.53 Å². The highest BCUT2D eigenvalue weighted by atomic mass is 28.2. The maximum Gasteiger partial charge on any atom is 0.302 e. The summed E-state index contributed by atoms with van der Waals surface area (Å²) < 4.78 is 4.90. The summed E-state index contributed by atoms with van der Waals surface area (Å²) in [5, 5.41) is 1.36. The summed E-state index contributed by atoms with van der Waals surface area (Å²) in [5.74, 6) is -0.0533. The molecular weight excluding hydrogens is 192 g/mol. The second-order valence-electron chi connectivity index (χ2n) is 3.23. The van der Waals surface area contributed by atoms with Gasteiger partial charge in [-0.05, 0) is 13.8 Å². The van der Waals surface area contributed by atoms with Crippen LogP contribution in [0.1, 0.15) is 12.5 Å². The molecule has 0 radical (unpaired) electrons. The van der Waals surface area contributed by atoms with Crippen LogP contribution in [0.4, 0.5) is 0 Å². The monoisotopic (exact) mass is 208 g/mol. The number of ether oxygens (including phenoxy) is 1. The minimum Gasteiger partial charge on any atom is -0.466 e. The van der Waals surface area contributed by atoms with Gasteiger partial charge < -0.3 is 4.74 Å². The Morgan fingerprint density at radius 1 is 1.43 bits per heavy atom. The Morgan fingerprint density at radius 3 is 2.79 bits per heavy atom. The predicted molar refractivity (Wildman–Crippen MR) is 60.8 cm³/mol. The number of carbonyl (C=O) groups is 1. The summed E-state index contributed by atoms with van der Waals surface area (Å²) in [7, 11) is -0.483. The molecule has 0 heterocycles. The Morgan fingerprint density at radius 2 is 2.14 bits per heavy atom. The van der Waals surface area contributed by atoms with Gasteiger partial charge in [-0.1, -0.05) is 35.0 Å². The molecule has 1 aromatic carbocycles. The SMILES string of the molecule is CCOC(=O)C[SiH2]c1ccccc1C. The van der Waals surface area contributed by atoms with E-state index >= 15 is 0 Å². The summed E-state index contributed by atoms with van der Waals surface area (Å²) in [6.45, 7) is 4.42. The average molecular weight is 208 g/mol. The number of rotatable bonds is 4. The highest BCUT2D eigenvalue weighted by molar-refractivity contribution is 6.57. The van der Waals surface area contributed by atoms with Crippen LogP contribution in [0.15, 0.2) is 24.3 Å². The molecule has 0 saturated carbocycles. The Bertz CT molecular complexity index is 310. The summed E-state index contributed by atoms with van der Waals surface area (Å²) >= 11 is 0. The number of benzene rings is 1. The summed E-state index contributed by atoms with van der Waals surface area (Å²) in [6, 6.07) is 8.87. The van der Waals surface area contributed by atoms with E-state index in [1.807, 2.05) is 19.1 Å². The molecule has 0 aromatic heterocycles. The van der Waals surface area contributed by atoms with E-state index in [0.717, 1.165) is 0 Å². The number of esters is 1. The molecule has 2 nitrogen and oxygen atoms in total. The molecule has 0 spiro atoms. The van der Waals surface area contributed by atoms with Gasteiger partial charge in [-0.3, -0.25) is 4.79 Å². The van der Waals surface area contributed by atoms with Gasteiger partial charge in [0.1, 0.15) is 0 Å². The van der Waals surface area contributed by atoms with Gasteiger partial charge in [0.15, 0.2) is 0 Å². The van der Waals surface area contributed by atoms with E-state index in [-0.39, 0.29) is 5.97 Å². The average Bonchev–Trinajstić information content (AvgIpc) is 2.17. The molecule has 0 aliphatic rings. The predicted octanol–water partition coefficient (Wildman–Crippen LogP) is 0.771. The van der Waals surface area contributed by atoms with E-state index in [2.05, 4.69) is 19.1 Å². The van der Waals surface area contributed by atoms with Crippen molar-refractivity contribution < 1.29 is 9.53 Å². The highest BCUT2D eigenvalue weighted by Crippen LogP contribution is 1.94. The summed E-state index contributed by atoms with van der Waals surface area (Å²) in [6.07, 6.45) is 0. The van der Waals surface area contributed by atoms with Gasteiger partial charge in [0.25, 0.3) is 0 Å². The molecule has 0 bridgehead atoms. The fraction of sp³-hybridized carbons (Fsp3) is 0.364. The first-order valence-corrected chi connectivity index (χ1v) is 6.65. The third kappa shape index (κ3) is 3.34. The molecule has 0 aliphatic carbocycles. The first-order valence-electron chi connectivity index (χ1n) is 4.94. The van der Waals surface area contributed by atoms with Crippen molar-refractivity contribution in [2.75, 3.05) is 6.61 Å². The van der Waals surface area contributed by atoms with Gasteiger partial charge in [0, 0.05) is 6.04 Å². The Hall–Kier alpha value is -1.09. The zero-order valence-corrected chi connectivity index (χ0v) is 10.2. The van der Waals surface area contributed by atoms with E-state index in [9.17, 15) is 4.79 Å². The van der Waals surface area contributed by atoms with Crippen LogP contribution in [0.5, 0.6) is 0 Å². The van der Waals surface area contributed by atoms with Crippen LogP contribution in [0.2, 0.25) is 6.04 Å². The summed E-state index contributed by atoms with van der Waals surface area (Å²) in [4.78, 5) is 11.1. The van der Waals surface area contributed by atoms with Crippen LogP contribution < -0.4 is 5.19 Å². The molecule has 3 heteroatoms. The molecule has 0 aliphatic heterocycles. The number of hydrogen-bond donors (Lipinski definition) is 0. The van der Waals surface area contributed by atoms with Crippen molar-refractivity contribution in [3.8, 4) is 0 Å². The van der Waals surface area contributed by atoms with E-state index in [1.165, 1.54) is 10.8 Å². The summed E-state index contributed by atoms with van der Waals surface area (Å²) in [5.41, 5.74) is 1.29. The van der Waals surface area contributed by atoms with Gasteiger partial charge in [-0.15, -0.1) is 0 Å². The van der Waals surface area contributed by atoms with Crippen molar-refractivity contribution in [2.24, 2.45) is 0 Å².